The lowest BCUT2D eigenvalue weighted by Crippen LogP contribution is -2.36. The van der Waals surface area contributed by atoms with E-state index >= 15 is 0 Å². The van der Waals surface area contributed by atoms with E-state index in [9.17, 15) is 30.3 Å². The van der Waals surface area contributed by atoms with Crippen molar-refractivity contribution in [3.63, 3.8) is 0 Å². The maximum absolute atomic E-state index is 12.2. The van der Waals surface area contributed by atoms with Crippen LogP contribution in [0.15, 0.2) is 30.3 Å². The van der Waals surface area contributed by atoms with E-state index in [0.29, 0.717) is 0 Å². The summed E-state index contributed by atoms with van der Waals surface area (Å²) in [6.45, 7) is 0. The molecule has 134 valence electrons. The standard InChI is InChI=1S/C15H12O7.C2H6O/c16-7-4-10(19)12-11(5-7)22-15(14(21)13(12)20)6-1-2-8(17)9(18)3-6;1-3-2/h1-5,14-19,21H;1-2H3/t14-,15+;/m0./s1. The van der Waals surface area contributed by atoms with Crippen LogP contribution in [-0.4, -0.2) is 51.6 Å². The number of aliphatic hydroxyl groups is 1. The highest BCUT2D eigenvalue weighted by atomic mass is 16.5. The van der Waals surface area contributed by atoms with Crippen LogP contribution in [0.5, 0.6) is 28.7 Å². The summed E-state index contributed by atoms with van der Waals surface area (Å²) in [7, 11) is 3.25. The maximum atomic E-state index is 12.2. The van der Waals surface area contributed by atoms with Gasteiger partial charge in [-0.25, -0.2) is 0 Å². The highest BCUT2D eigenvalue weighted by Gasteiger charge is 2.39. The molecule has 0 saturated carbocycles. The Morgan fingerprint density at radius 1 is 0.960 bits per heavy atom. The number of aliphatic hydroxyl groups excluding tert-OH is 1. The molecule has 0 saturated heterocycles. The van der Waals surface area contributed by atoms with Crippen LogP contribution in [0.4, 0.5) is 0 Å². The summed E-state index contributed by atoms with van der Waals surface area (Å²) < 4.78 is 9.72. The first-order chi connectivity index (χ1) is 11.8. The number of aromatic hydroxyl groups is 4. The van der Waals surface area contributed by atoms with Gasteiger partial charge in [0.25, 0.3) is 0 Å². The van der Waals surface area contributed by atoms with Gasteiger partial charge in [0.05, 0.1) is 0 Å². The summed E-state index contributed by atoms with van der Waals surface area (Å²) in [5.41, 5.74) is 0.0363. The molecule has 8 heteroatoms. The second-order valence-corrected chi connectivity index (χ2v) is 5.34. The van der Waals surface area contributed by atoms with Gasteiger partial charge in [0, 0.05) is 26.4 Å². The minimum absolute atomic E-state index is 0.0784. The normalized spacial score (nSPS) is 18.6. The van der Waals surface area contributed by atoms with Gasteiger partial charge in [-0.1, -0.05) is 6.07 Å². The third-order valence-corrected chi connectivity index (χ3v) is 3.45. The Kier molecular flexibility index (Phi) is 5.35. The molecule has 0 unspecified atom stereocenters. The minimum Gasteiger partial charge on any atom is -0.508 e. The van der Waals surface area contributed by atoms with Gasteiger partial charge in [0.1, 0.15) is 22.8 Å². The van der Waals surface area contributed by atoms with Gasteiger partial charge in [0.2, 0.25) is 5.78 Å². The van der Waals surface area contributed by atoms with Crippen molar-refractivity contribution in [2.24, 2.45) is 0 Å². The van der Waals surface area contributed by atoms with Crippen molar-refractivity contribution >= 4 is 5.78 Å². The van der Waals surface area contributed by atoms with Gasteiger partial charge in [-0.05, 0) is 17.7 Å². The van der Waals surface area contributed by atoms with E-state index < -0.39 is 29.5 Å². The molecular weight excluding hydrogens is 332 g/mol. The fourth-order valence-corrected chi connectivity index (χ4v) is 2.38. The number of rotatable bonds is 1. The van der Waals surface area contributed by atoms with Crippen LogP contribution in [0.3, 0.4) is 0 Å². The Morgan fingerprint density at radius 3 is 2.20 bits per heavy atom. The summed E-state index contributed by atoms with van der Waals surface area (Å²) in [6.07, 6.45) is -2.75. The van der Waals surface area contributed by atoms with Crippen molar-refractivity contribution in [3.05, 3.63) is 41.5 Å². The van der Waals surface area contributed by atoms with Crippen molar-refractivity contribution < 1.29 is 39.8 Å². The van der Waals surface area contributed by atoms with E-state index in [2.05, 4.69) is 4.74 Å². The summed E-state index contributed by atoms with van der Waals surface area (Å²) in [4.78, 5) is 12.2. The summed E-state index contributed by atoms with van der Waals surface area (Å²) >= 11 is 0. The quantitative estimate of drug-likeness (QED) is 0.487. The van der Waals surface area contributed by atoms with Crippen LogP contribution in [0, 0.1) is 0 Å². The SMILES string of the molecule is COC.O=C1c2c(O)cc(O)cc2O[C@H](c2ccc(O)c(O)c2)[C@H]1O. The smallest absolute Gasteiger partial charge is 0.202 e. The Balaban J connectivity index is 0.000000701. The minimum atomic E-state index is -1.60. The second kappa shape index (κ2) is 7.29. The van der Waals surface area contributed by atoms with Gasteiger partial charge >= 0.3 is 0 Å². The molecule has 1 heterocycles. The number of ether oxygens (including phenoxy) is 2. The monoisotopic (exact) mass is 350 g/mol. The Bertz CT molecular complexity index is 786. The van der Waals surface area contributed by atoms with Gasteiger partial charge in [-0.3, -0.25) is 4.79 Å². The van der Waals surface area contributed by atoms with Gasteiger partial charge < -0.3 is 35.0 Å². The molecular formula is C17H18O8. The molecule has 1 aliphatic heterocycles. The lowest BCUT2D eigenvalue weighted by molar-refractivity contribution is 0.0210. The molecule has 0 aromatic heterocycles. The lowest BCUT2D eigenvalue weighted by Gasteiger charge is -2.30. The molecule has 0 spiro atoms. The maximum Gasteiger partial charge on any atom is 0.202 e. The number of hydrogen-bond acceptors (Lipinski definition) is 8. The van der Waals surface area contributed by atoms with Crippen LogP contribution in [0.1, 0.15) is 22.0 Å². The van der Waals surface area contributed by atoms with Crippen LogP contribution in [0.2, 0.25) is 0 Å². The van der Waals surface area contributed by atoms with E-state index in [0.717, 1.165) is 18.2 Å². The zero-order chi connectivity index (χ0) is 18.7. The largest absolute Gasteiger partial charge is 0.508 e. The number of carbonyl (C=O) groups excluding carboxylic acids is 1. The van der Waals surface area contributed by atoms with Gasteiger partial charge in [-0.15, -0.1) is 0 Å². The van der Waals surface area contributed by atoms with Crippen LogP contribution < -0.4 is 4.74 Å². The molecule has 0 radical (unpaired) electrons. The van der Waals surface area contributed by atoms with E-state index in [4.69, 9.17) is 4.74 Å². The summed E-state index contributed by atoms with van der Waals surface area (Å²) in [5.74, 6) is -2.41. The van der Waals surface area contributed by atoms with E-state index in [1.165, 1.54) is 12.1 Å². The van der Waals surface area contributed by atoms with Crippen molar-refractivity contribution in [2.75, 3.05) is 14.2 Å². The molecule has 3 rings (SSSR count). The molecule has 2 aromatic rings. The topological polar surface area (TPSA) is 137 Å². The van der Waals surface area contributed by atoms with E-state index in [1.807, 2.05) is 0 Å². The van der Waals surface area contributed by atoms with E-state index in [1.54, 1.807) is 14.2 Å². The number of carbonyl (C=O) groups is 1. The molecule has 0 bridgehead atoms. The fourth-order valence-electron chi connectivity index (χ4n) is 2.38. The zero-order valence-corrected chi connectivity index (χ0v) is 13.5. The first-order valence-electron chi connectivity index (χ1n) is 7.17. The second-order valence-electron chi connectivity index (χ2n) is 5.34. The van der Waals surface area contributed by atoms with Crippen molar-refractivity contribution in [1.82, 2.24) is 0 Å². The predicted molar refractivity (Wildman–Crippen MR) is 86.2 cm³/mol. The number of ketones is 1. The number of benzene rings is 2. The van der Waals surface area contributed by atoms with Crippen molar-refractivity contribution in [2.45, 2.75) is 12.2 Å². The van der Waals surface area contributed by atoms with E-state index in [-0.39, 0.29) is 28.4 Å². The average Bonchev–Trinajstić information content (AvgIpc) is 2.53. The molecule has 25 heavy (non-hydrogen) atoms. The van der Waals surface area contributed by atoms with Crippen LogP contribution >= 0.6 is 0 Å². The molecule has 8 nitrogen and oxygen atoms in total. The summed E-state index contributed by atoms with van der Waals surface area (Å²) in [5, 5.41) is 48.1. The molecule has 0 amide bonds. The predicted octanol–water partition coefficient (Wildman–Crippen LogP) is 1.45. The number of fused-ring (bicyclic) bond motifs is 1. The number of phenols is 4. The fraction of sp³-hybridized carbons (Fsp3) is 0.235. The first-order valence-corrected chi connectivity index (χ1v) is 7.17. The Labute approximate surface area is 143 Å². The van der Waals surface area contributed by atoms with Crippen LogP contribution in [0.25, 0.3) is 0 Å². The number of hydrogen-bond donors (Lipinski definition) is 5. The van der Waals surface area contributed by atoms with Gasteiger partial charge in [0.15, 0.2) is 23.7 Å². The third-order valence-electron chi connectivity index (χ3n) is 3.45. The van der Waals surface area contributed by atoms with Crippen LogP contribution in [-0.2, 0) is 4.74 Å². The Morgan fingerprint density at radius 2 is 1.60 bits per heavy atom. The Hall–Kier alpha value is -2.97. The zero-order valence-electron chi connectivity index (χ0n) is 13.5. The molecule has 2 atom stereocenters. The molecule has 2 aromatic carbocycles. The first kappa shape index (κ1) is 18.4. The lowest BCUT2D eigenvalue weighted by atomic mass is 9.92. The van der Waals surface area contributed by atoms with Crippen molar-refractivity contribution in [3.8, 4) is 28.7 Å². The molecule has 5 N–H and O–H groups in total. The molecule has 1 aliphatic rings. The molecule has 0 aliphatic carbocycles. The average molecular weight is 350 g/mol. The molecule has 0 fully saturated rings. The number of phenolic OH excluding ortho intramolecular Hbond substituents is 4. The highest BCUT2D eigenvalue weighted by molar-refractivity contribution is 6.05. The summed E-state index contributed by atoms with van der Waals surface area (Å²) in [6, 6.07) is 5.85. The number of Topliss-reactive ketones (excluding diaryl/α,β-unsaturated/α-hetero) is 1. The van der Waals surface area contributed by atoms with Crippen molar-refractivity contribution in [1.29, 1.82) is 0 Å². The third kappa shape index (κ3) is 3.59. The number of methoxy groups -OCH3 is 1. The van der Waals surface area contributed by atoms with Gasteiger partial charge in [-0.2, -0.15) is 0 Å². The highest BCUT2D eigenvalue weighted by Crippen LogP contribution is 2.42.